The second kappa shape index (κ2) is 4.49. The normalized spacial score (nSPS) is 12.8. The number of para-hydroxylation sites is 1. The first-order valence-corrected chi connectivity index (χ1v) is 4.66. The van der Waals surface area contributed by atoms with Crippen LogP contribution in [0.1, 0.15) is 18.4 Å². The van der Waals surface area contributed by atoms with E-state index in [9.17, 15) is 5.11 Å². The van der Waals surface area contributed by atoms with E-state index < -0.39 is 0 Å². The lowest BCUT2D eigenvalue weighted by Gasteiger charge is -2.13. The molecular formula is C10H14ClNO. The van der Waals surface area contributed by atoms with Crippen LogP contribution in [0.5, 0.6) is 5.75 Å². The first-order chi connectivity index (χ1) is 6.16. The molecule has 1 atom stereocenters. The molecule has 0 saturated carbocycles. The summed E-state index contributed by atoms with van der Waals surface area (Å²) in [5, 5.41) is 13.1. The van der Waals surface area contributed by atoms with Gasteiger partial charge in [0.1, 0.15) is 5.75 Å². The maximum absolute atomic E-state index is 9.63. The third kappa shape index (κ3) is 2.36. The number of nitrogens with one attached hydrogen (secondary N) is 1. The van der Waals surface area contributed by atoms with Crippen molar-refractivity contribution in [1.29, 1.82) is 0 Å². The molecule has 0 aliphatic rings. The van der Waals surface area contributed by atoms with E-state index in [2.05, 4.69) is 5.32 Å². The molecule has 0 spiro atoms. The number of halogens is 1. The van der Waals surface area contributed by atoms with Crippen LogP contribution >= 0.6 is 11.6 Å². The van der Waals surface area contributed by atoms with E-state index in [0.717, 1.165) is 12.1 Å². The Bertz CT molecular complexity index is 288. The Morgan fingerprint density at radius 2 is 2.23 bits per heavy atom. The first kappa shape index (κ1) is 10.4. The molecule has 1 rings (SSSR count). The summed E-state index contributed by atoms with van der Waals surface area (Å²) in [4.78, 5) is 0. The summed E-state index contributed by atoms with van der Waals surface area (Å²) >= 11 is 5.79. The maximum atomic E-state index is 9.63. The van der Waals surface area contributed by atoms with Gasteiger partial charge in [0.05, 0.1) is 5.02 Å². The van der Waals surface area contributed by atoms with Gasteiger partial charge in [-0.25, -0.2) is 0 Å². The molecular weight excluding hydrogens is 186 g/mol. The van der Waals surface area contributed by atoms with Gasteiger partial charge < -0.3 is 10.4 Å². The van der Waals surface area contributed by atoms with Crippen LogP contribution in [0.25, 0.3) is 0 Å². The molecule has 0 saturated heterocycles. The fourth-order valence-corrected chi connectivity index (χ4v) is 1.53. The van der Waals surface area contributed by atoms with E-state index in [1.807, 2.05) is 26.1 Å². The first-order valence-electron chi connectivity index (χ1n) is 4.28. The molecule has 2 N–H and O–H groups in total. The van der Waals surface area contributed by atoms with Crippen molar-refractivity contribution in [3.05, 3.63) is 28.8 Å². The quantitative estimate of drug-likeness (QED) is 0.784. The minimum absolute atomic E-state index is 0.201. The molecule has 1 unspecified atom stereocenters. The molecule has 72 valence electrons. The zero-order chi connectivity index (χ0) is 9.84. The molecule has 3 heteroatoms. The van der Waals surface area contributed by atoms with Crippen molar-refractivity contribution in [1.82, 2.24) is 5.32 Å². The lowest BCUT2D eigenvalue weighted by molar-refractivity contribution is 0.462. The predicted molar refractivity (Wildman–Crippen MR) is 55.5 cm³/mol. The molecule has 2 nitrogen and oxygen atoms in total. The van der Waals surface area contributed by atoms with Gasteiger partial charge in [0.2, 0.25) is 0 Å². The minimum atomic E-state index is 0.201. The number of phenols is 1. The number of phenolic OH excluding ortho intramolecular Hbond substituents is 1. The van der Waals surface area contributed by atoms with Crippen molar-refractivity contribution >= 4 is 11.6 Å². The fourth-order valence-electron chi connectivity index (χ4n) is 1.35. The van der Waals surface area contributed by atoms with Crippen molar-refractivity contribution in [2.45, 2.75) is 12.8 Å². The summed E-state index contributed by atoms with van der Waals surface area (Å²) in [6.45, 7) is 2.87. The topological polar surface area (TPSA) is 32.3 Å². The Kier molecular flexibility index (Phi) is 3.58. The van der Waals surface area contributed by atoms with Gasteiger partial charge in [0.25, 0.3) is 0 Å². The molecule has 1 aromatic rings. The lowest BCUT2D eigenvalue weighted by atomic mass is 10.0. The molecule has 0 fully saturated rings. The van der Waals surface area contributed by atoms with Gasteiger partial charge in [-0.15, -0.1) is 0 Å². The monoisotopic (exact) mass is 199 g/mol. The van der Waals surface area contributed by atoms with Gasteiger partial charge in [-0.2, -0.15) is 0 Å². The highest BCUT2D eigenvalue weighted by molar-refractivity contribution is 6.32. The van der Waals surface area contributed by atoms with E-state index >= 15 is 0 Å². The van der Waals surface area contributed by atoms with Crippen LogP contribution in [0.2, 0.25) is 5.02 Å². The fraction of sp³-hybridized carbons (Fsp3) is 0.400. The Morgan fingerprint density at radius 1 is 1.54 bits per heavy atom. The van der Waals surface area contributed by atoms with Crippen LogP contribution in [0.15, 0.2) is 18.2 Å². The smallest absolute Gasteiger partial charge is 0.137 e. The highest BCUT2D eigenvalue weighted by atomic mass is 35.5. The molecule has 0 aliphatic carbocycles. The molecule has 0 heterocycles. The van der Waals surface area contributed by atoms with Gasteiger partial charge in [0.15, 0.2) is 0 Å². The van der Waals surface area contributed by atoms with Crippen LogP contribution in [0, 0.1) is 0 Å². The third-order valence-corrected chi connectivity index (χ3v) is 2.36. The van der Waals surface area contributed by atoms with Crippen molar-refractivity contribution in [2.24, 2.45) is 0 Å². The van der Waals surface area contributed by atoms with E-state index in [4.69, 9.17) is 11.6 Å². The van der Waals surface area contributed by atoms with Gasteiger partial charge in [-0.3, -0.25) is 0 Å². The van der Waals surface area contributed by atoms with Gasteiger partial charge in [-0.05, 0) is 24.6 Å². The van der Waals surface area contributed by atoms with E-state index in [1.165, 1.54) is 0 Å². The number of aromatic hydroxyl groups is 1. The van der Waals surface area contributed by atoms with Crippen molar-refractivity contribution < 1.29 is 5.11 Å². The number of hydrogen-bond donors (Lipinski definition) is 2. The molecule has 13 heavy (non-hydrogen) atoms. The predicted octanol–water partition coefficient (Wildman–Crippen LogP) is 2.37. The van der Waals surface area contributed by atoms with Crippen molar-refractivity contribution in [3.63, 3.8) is 0 Å². The zero-order valence-corrected chi connectivity index (χ0v) is 8.60. The largest absolute Gasteiger partial charge is 0.506 e. The SMILES string of the molecule is CNCC(C)c1cccc(Cl)c1O. The highest BCUT2D eigenvalue weighted by Gasteiger charge is 2.11. The van der Waals surface area contributed by atoms with Crippen LogP contribution in [-0.4, -0.2) is 18.7 Å². The summed E-state index contributed by atoms with van der Waals surface area (Å²) in [6, 6.07) is 5.43. The average molecular weight is 200 g/mol. The Morgan fingerprint density at radius 3 is 2.85 bits per heavy atom. The zero-order valence-electron chi connectivity index (χ0n) is 7.84. The van der Waals surface area contributed by atoms with Crippen LogP contribution in [-0.2, 0) is 0 Å². The van der Waals surface area contributed by atoms with Crippen molar-refractivity contribution in [3.8, 4) is 5.75 Å². The van der Waals surface area contributed by atoms with E-state index in [1.54, 1.807) is 6.07 Å². The Balaban J connectivity index is 2.93. The number of benzene rings is 1. The summed E-state index contributed by atoms with van der Waals surface area (Å²) in [5.41, 5.74) is 0.891. The Hall–Kier alpha value is -0.730. The average Bonchev–Trinajstić information content (AvgIpc) is 2.10. The highest BCUT2D eigenvalue weighted by Crippen LogP contribution is 2.31. The summed E-state index contributed by atoms with van der Waals surface area (Å²) in [5.74, 6) is 0.468. The molecule has 0 radical (unpaired) electrons. The molecule has 0 aromatic heterocycles. The van der Waals surface area contributed by atoms with E-state index in [0.29, 0.717) is 5.02 Å². The second-order valence-corrected chi connectivity index (χ2v) is 3.54. The van der Waals surface area contributed by atoms with Gasteiger partial charge in [-0.1, -0.05) is 30.7 Å². The summed E-state index contributed by atoms with van der Waals surface area (Å²) < 4.78 is 0. The van der Waals surface area contributed by atoms with Gasteiger partial charge in [0, 0.05) is 6.54 Å². The Labute approximate surface area is 83.5 Å². The number of likely N-dealkylation sites (N-methyl/N-ethyl adjacent to an activating group) is 1. The molecule has 1 aromatic carbocycles. The maximum Gasteiger partial charge on any atom is 0.137 e. The van der Waals surface area contributed by atoms with Crippen LogP contribution in [0.3, 0.4) is 0 Å². The molecule has 0 aliphatic heterocycles. The van der Waals surface area contributed by atoms with Gasteiger partial charge >= 0.3 is 0 Å². The summed E-state index contributed by atoms with van der Waals surface area (Å²) in [7, 11) is 1.89. The van der Waals surface area contributed by atoms with Crippen LogP contribution < -0.4 is 5.32 Å². The van der Waals surface area contributed by atoms with E-state index in [-0.39, 0.29) is 11.7 Å². The molecule has 0 bridgehead atoms. The minimum Gasteiger partial charge on any atom is -0.506 e. The lowest BCUT2D eigenvalue weighted by Crippen LogP contribution is -2.14. The standard InChI is InChI=1S/C10H14ClNO/c1-7(6-12-2)8-4-3-5-9(11)10(8)13/h3-5,7,12-13H,6H2,1-2H3. The third-order valence-electron chi connectivity index (χ3n) is 2.06. The number of hydrogen-bond acceptors (Lipinski definition) is 2. The second-order valence-electron chi connectivity index (χ2n) is 3.14. The number of rotatable bonds is 3. The van der Waals surface area contributed by atoms with Crippen molar-refractivity contribution in [2.75, 3.05) is 13.6 Å². The molecule has 0 amide bonds. The summed E-state index contributed by atoms with van der Waals surface area (Å²) in [6.07, 6.45) is 0. The van der Waals surface area contributed by atoms with Crippen LogP contribution in [0.4, 0.5) is 0 Å².